The van der Waals surface area contributed by atoms with E-state index in [1.165, 1.54) is 12.1 Å². The maximum atomic E-state index is 14.7. The Bertz CT molecular complexity index is 1770. The molecular weight excluding hydrogens is 789 g/mol. The zero-order chi connectivity index (χ0) is 41.1. The molecule has 0 amide bonds. The fraction of sp³-hybridized carbons (Fsp3) is 0.714. The van der Waals surface area contributed by atoms with Gasteiger partial charge in [-0.25, -0.2) is 52.6 Å². The molecule has 308 valence electrons. The van der Waals surface area contributed by atoms with Crippen molar-refractivity contribution in [2.45, 2.75) is 137 Å². The average Bonchev–Trinajstić information content (AvgIpc) is 3.13. The molecule has 0 saturated carbocycles. The van der Waals surface area contributed by atoms with Crippen molar-refractivity contribution in [1.82, 2.24) is 18.9 Å². The Morgan fingerprint density at radius 2 is 0.709 bits per heavy atom. The Morgan fingerprint density at radius 3 is 1.04 bits per heavy atom. The van der Waals surface area contributed by atoms with Gasteiger partial charge >= 0.3 is 3.41 Å². The van der Waals surface area contributed by atoms with Crippen molar-refractivity contribution >= 4 is 40.1 Å². The molecule has 0 aromatic heterocycles. The van der Waals surface area contributed by atoms with Crippen LogP contribution < -0.4 is 18.9 Å². The molecule has 0 bridgehead atoms. The molecule has 0 heterocycles. The highest BCUT2D eigenvalue weighted by molar-refractivity contribution is 8.23. The lowest BCUT2D eigenvalue weighted by Crippen LogP contribution is -2.62. The molecule has 1 aromatic carbocycles. The summed E-state index contributed by atoms with van der Waals surface area (Å²) in [7, 11) is -21.4. The molecule has 0 atom stereocenters. The predicted molar refractivity (Wildman–Crippen MR) is 209 cm³/mol. The Labute approximate surface area is 329 Å². The van der Waals surface area contributed by atoms with Crippen LogP contribution >= 0.6 is 0 Å². The first-order chi connectivity index (χ1) is 26.2. The van der Waals surface area contributed by atoms with Crippen molar-refractivity contribution in [1.29, 1.82) is 21.0 Å². The summed E-state index contributed by atoms with van der Waals surface area (Å²) in [5, 5.41) is 35.2. The van der Waals surface area contributed by atoms with E-state index in [2.05, 4.69) is 18.9 Å². The summed E-state index contributed by atoms with van der Waals surface area (Å²) in [6.45, 7) is -1.25. The number of nitrogens with one attached hydrogen (secondary N) is 4. The summed E-state index contributed by atoms with van der Waals surface area (Å²) in [5.41, 5.74) is -1.01. The molecule has 4 N–H and O–H groups in total. The topological polar surface area (TPSA) is 280 Å². The molecule has 0 saturated heterocycles. The molecule has 20 heteroatoms. The van der Waals surface area contributed by atoms with E-state index in [0.29, 0.717) is 109 Å². The van der Waals surface area contributed by atoms with Gasteiger partial charge in [-0.2, -0.15) is 21.0 Å². The largest absolute Gasteiger partial charge is 0.339 e. The van der Waals surface area contributed by atoms with Crippen molar-refractivity contribution in [2.75, 3.05) is 26.2 Å². The number of nitrogens with zero attached hydrogens (tertiary/aromatic N) is 4. The van der Waals surface area contributed by atoms with E-state index >= 15 is 0 Å². The highest BCUT2D eigenvalue weighted by Crippen LogP contribution is 2.43. The average molecular weight is 845 g/mol. The van der Waals surface area contributed by atoms with E-state index in [0.717, 1.165) is 12.1 Å². The molecule has 55 heavy (non-hydrogen) atoms. The van der Waals surface area contributed by atoms with Crippen LogP contribution in [0.4, 0.5) is 0 Å². The maximum absolute atomic E-state index is 14.7. The molecule has 0 unspecified atom stereocenters. The van der Waals surface area contributed by atoms with Gasteiger partial charge in [-0.1, -0.05) is 69.6 Å². The number of benzene rings is 1. The molecular formula is C35H56N8O8S4. The standard InChI is InChI=1S/C35H56N8O8S4/c36-25-15-5-1-9-19-29-40-52(44,45)34-24-14-13-23-33(34)35(53(46,47)41-30-20-10-2-6-16-26-37,54(48,49)42-31-21-11-3-7-17-27-38)55(50,51)43-32-22-12-4-8-18-28-39/h13-14,23-24,40-43H,1-12,15-22,29-32H2. The zero-order valence-corrected chi connectivity index (χ0v) is 34.7. The molecule has 1 aromatic rings. The van der Waals surface area contributed by atoms with Gasteiger partial charge in [0.25, 0.3) is 30.1 Å². The van der Waals surface area contributed by atoms with E-state index in [9.17, 15) is 33.7 Å². The number of sulfonamides is 4. The van der Waals surface area contributed by atoms with Gasteiger partial charge in [-0.05, 0) is 57.4 Å². The van der Waals surface area contributed by atoms with Crippen molar-refractivity contribution in [2.24, 2.45) is 0 Å². The third-order valence-electron chi connectivity index (χ3n) is 8.60. The zero-order valence-electron chi connectivity index (χ0n) is 31.5. The first kappa shape index (κ1) is 49.8. The number of nitriles is 4. The van der Waals surface area contributed by atoms with E-state index in [4.69, 9.17) is 21.0 Å². The lowest BCUT2D eigenvalue weighted by molar-refractivity contribution is 0.526. The van der Waals surface area contributed by atoms with Gasteiger partial charge in [0.15, 0.2) is 0 Å². The summed E-state index contributed by atoms with van der Waals surface area (Å²) in [6.07, 6.45) is 8.57. The molecule has 0 aliphatic heterocycles. The van der Waals surface area contributed by atoms with Crippen molar-refractivity contribution in [3.05, 3.63) is 29.8 Å². The first-order valence-electron chi connectivity index (χ1n) is 18.8. The predicted octanol–water partition coefficient (Wildman–Crippen LogP) is 4.73. The van der Waals surface area contributed by atoms with Gasteiger partial charge in [0.05, 0.1) is 29.2 Å². The third-order valence-corrected chi connectivity index (χ3v) is 18.6. The summed E-state index contributed by atoms with van der Waals surface area (Å²) in [4.78, 5) is -0.856. The molecule has 0 spiro atoms. The van der Waals surface area contributed by atoms with Crippen LogP contribution in [-0.2, 0) is 43.5 Å². The van der Waals surface area contributed by atoms with E-state index in [-0.39, 0.29) is 45.4 Å². The number of rotatable bonds is 33. The lowest BCUT2D eigenvalue weighted by Gasteiger charge is -2.34. The number of hydrogen-bond acceptors (Lipinski definition) is 12. The van der Waals surface area contributed by atoms with Gasteiger partial charge in [0.1, 0.15) is 0 Å². The van der Waals surface area contributed by atoms with E-state index in [1.54, 1.807) is 0 Å². The normalized spacial score (nSPS) is 12.4. The minimum absolute atomic E-state index is 0.124. The van der Waals surface area contributed by atoms with Crippen molar-refractivity contribution in [3.8, 4) is 24.3 Å². The van der Waals surface area contributed by atoms with Crippen LogP contribution in [-0.4, -0.2) is 59.9 Å². The first-order valence-corrected chi connectivity index (χ1v) is 24.7. The fourth-order valence-electron chi connectivity index (χ4n) is 5.74. The fourth-order valence-corrected chi connectivity index (χ4v) is 15.0. The van der Waals surface area contributed by atoms with E-state index < -0.39 is 54.0 Å². The second-order valence-corrected chi connectivity index (χ2v) is 21.2. The van der Waals surface area contributed by atoms with Gasteiger partial charge in [-0.3, -0.25) is 0 Å². The molecule has 1 rings (SSSR count). The van der Waals surface area contributed by atoms with Crippen LogP contribution in [0.25, 0.3) is 0 Å². The van der Waals surface area contributed by atoms with Gasteiger partial charge < -0.3 is 0 Å². The van der Waals surface area contributed by atoms with Gasteiger partial charge in [0, 0.05) is 57.4 Å². The van der Waals surface area contributed by atoms with Gasteiger partial charge in [0.2, 0.25) is 10.0 Å². The molecule has 16 nitrogen and oxygen atoms in total. The molecule has 0 fully saturated rings. The Balaban J connectivity index is 3.86. The van der Waals surface area contributed by atoms with Crippen molar-refractivity contribution in [3.63, 3.8) is 0 Å². The van der Waals surface area contributed by atoms with Crippen LogP contribution in [0.3, 0.4) is 0 Å². The minimum Gasteiger partial charge on any atom is -0.213 e. The quantitative estimate of drug-likeness (QED) is 0.0699. The van der Waals surface area contributed by atoms with Crippen LogP contribution in [0, 0.1) is 45.3 Å². The molecule has 0 aliphatic carbocycles. The summed E-state index contributed by atoms with van der Waals surface area (Å²) in [6, 6.07) is 12.3. The lowest BCUT2D eigenvalue weighted by atomic mass is 10.1. The monoisotopic (exact) mass is 844 g/mol. The molecule has 0 radical (unpaired) electrons. The number of hydrogen-bond donors (Lipinski definition) is 4. The SMILES string of the molecule is N#CCCCCCCNS(=O)(=O)c1ccccc1C(S(=O)(=O)NCCCCCCC#N)(S(=O)(=O)NCCCCCCC#N)S(=O)(=O)NCCCCCCC#N. The second-order valence-electron chi connectivity index (χ2n) is 12.9. The van der Waals surface area contributed by atoms with Crippen LogP contribution in [0.5, 0.6) is 0 Å². The smallest absolute Gasteiger partial charge is 0.213 e. The number of unbranched alkanes of at least 4 members (excludes halogenated alkanes) is 16. The Kier molecular flexibility index (Phi) is 24.1. The summed E-state index contributed by atoms with van der Waals surface area (Å²) >= 11 is 0. The highest BCUT2D eigenvalue weighted by Gasteiger charge is 2.68. The van der Waals surface area contributed by atoms with Crippen LogP contribution in [0.1, 0.15) is 134 Å². The van der Waals surface area contributed by atoms with Crippen LogP contribution in [0.15, 0.2) is 29.2 Å². The summed E-state index contributed by atoms with van der Waals surface area (Å²) < 4.78 is 121. The van der Waals surface area contributed by atoms with Gasteiger partial charge in [-0.15, -0.1) is 0 Å². The minimum atomic E-state index is -5.57. The second kappa shape index (κ2) is 26.6. The van der Waals surface area contributed by atoms with Crippen molar-refractivity contribution < 1.29 is 33.7 Å². The van der Waals surface area contributed by atoms with E-state index in [1.807, 2.05) is 24.3 Å². The third kappa shape index (κ3) is 16.1. The molecule has 0 aliphatic rings. The maximum Gasteiger partial charge on any atom is 0.339 e. The highest BCUT2D eigenvalue weighted by atomic mass is 32.3. The van der Waals surface area contributed by atoms with Crippen LogP contribution in [0.2, 0.25) is 0 Å². The summed E-state index contributed by atoms with van der Waals surface area (Å²) in [5.74, 6) is 0. The Hall–Kier alpha value is -3.18. The Morgan fingerprint density at radius 1 is 0.418 bits per heavy atom.